The van der Waals surface area contributed by atoms with E-state index in [0.717, 1.165) is 22.4 Å². The molecular formula is C19H15NO2. The number of aromatic nitrogens is 1. The second-order valence-electron chi connectivity index (χ2n) is 5.18. The average molecular weight is 289 g/mol. The van der Waals surface area contributed by atoms with Crippen molar-refractivity contribution < 1.29 is 9.90 Å². The van der Waals surface area contributed by atoms with Crippen LogP contribution < -0.4 is 0 Å². The largest absolute Gasteiger partial charge is 0.478 e. The first-order valence-corrected chi connectivity index (χ1v) is 7.00. The van der Waals surface area contributed by atoms with Crippen LogP contribution >= 0.6 is 0 Å². The normalized spacial score (nSPS) is 10.4. The molecule has 3 heteroatoms. The fraction of sp³-hybridized carbons (Fsp3) is 0.0526. The van der Waals surface area contributed by atoms with Gasteiger partial charge in [0.15, 0.2) is 0 Å². The average Bonchev–Trinajstić information content (AvgIpc) is 2.56. The number of carbonyl (C=O) groups is 1. The smallest absolute Gasteiger partial charge is 0.335 e. The minimum Gasteiger partial charge on any atom is -0.478 e. The maximum absolute atomic E-state index is 10.9. The number of benzene rings is 2. The summed E-state index contributed by atoms with van der Waals surface area (Å²) in [4.78, 5) is 15.3. The first kappa shape index (κ1) is 14.0. The summed E-state index contributed by atoms with van der Waals surface area (Å²) in [6.45, 7) is 2.05. The molecule has 0 aliphatic heterocycles. The van der Waals surface area contributed by atoms with Crippen LogP contribution in [0.4, 0.5) is 0 Å². The minimum atomic E-state index is -0.915. The van der Waals surface area contributed by atoms with Gasteiger partial charge in [-0.15, -0.1) is 0 Å². The van der Waals surface area contributed by atoms with Crippen molar-refractivity contribution in [3.05, 3.63) is 78.0 Å². The molecule has 1 aromatic heterocycles. The van der Waals surface area contributed by atoms with E-state index in [0.29, 0.717) is 0 Å². The van der Waals surface area contributed by atoms with Crippen molar-refractivity contribution in [3.63, 3.8) is 0 Å². The van der Waals surface area contributed by atoms with E-state index in [1.54, 1.807) is 18.3 Å². The molecule has 0 amide bonds. The topological polar surface area (TPSA) is 50.2 Å². The number of pyridine rings is 1. The van der Waals surface area contributed by atoms with E-state index >= 15 is 0 Å². The van der Waals surface area contributed by atoms with Gasteiger partial charge in [-0.1, -0.05) is 42.0 Å². The standard InChI is InChI=1S/C19H15NO2/c1-13-2-4-15(5-3-13)18-12-17(10-11-20-18)14-6-8-16(9-7-14)19(21)22/h2-12H,1H3,(H,21,22). The lowest BCUT2D eigenvalue weighted by atomic mass is 10.0. The highest BCUT2D eigenvalue weighted by Crippen LogP contribution is 2.25. The lowest BCUT2D eigenvalue weighted by Crippen LogP contribution is -1.95. The molecule has 0 saturated carbocycles. The van der Waals surface area contributed by atoms with E-state index < -0.39 is 5.97 Å². The summed E-state index contributed by atoms with van der Waals surface area (Å²) in [6, 6.07) is 19.0. The summed E-state index contributed by atoms with van der Waals surface area (Å²) in [5, 5.41) is 8.95. The molecule has 0 saturated heterocycles. The summed E-state index contributed by atoms with van der Waals surface area (Å²) in [6.07, 6.45) is 1.77. The predicted octanol–water partition coefficient (Wildman–Crippen LogP) is 4.42. The summed E-state index contributed by atoms with van der Waals surface area (Å²) < 4.78 is 0. The van der Waals surface area contributed by atoms with Crippen LogP contribution in [0.5, 0.6) is 0 Å². The predicted molar refractivity (Wildman–Crippen MR) is 86.8 cm³/mol. The molecule has 0 spiro atoms. The Labute approximate surface area is 128 Å². The quantitative estimate of drug-likeness (QED) is 0.776. The molecule has 0 atom stereocenters. The Morgan fingerprint density at radius 1 is 0.864 bits per heavy atom. The summed E-state index contributed by atoms with van der Waals surface area (Å²) in [5.74, 6) is -0.915. The summed E-state index contributed by atoms with van der Waals surface area (Å²) in [7, 11) is 0. The number of hydrogen-bond donors (Lipinski definition) is 1. The van der Waals surface area contributed by atoms with Crippen molar-refractivity contribution >= 4 is 5.97 Å². The van der Waals surface area contributed by atoms with Gasteiger partial charge < -0.3 is 5.11 Å². The van der Waals surface area contributed by atoms with Crippen LogP contribution in [0.2, 0.25) is 0 Å². The number of hydrogen-bond acceptors (Lipinski definition) is 2. The first-order chi connectivity index (χ1) is 10.6. The van der Waals surface area contributed by atoms with E-state index in [-0.39, 0.29) is 5.56 Å². The molecule has 3 nitrogen and oxygen atoms in total. The summed E-state index contributed by atoms with van der Waals surface area (Å²) in [5.41, 5.74) is 5.46. The Kier molecular flexibility index (Phi) is 3.71. The molecule has 0 bridgehead atoms. The zero-order valence-electron chi connectivity index (χ0n) is 12.2. The van der Waals surface area contributed by atoms with Gasteiger partial charge in [-0.05, 0) is 42.3 Å². The van der Waals surface area contributed by atoms with E-state index in [4.69, 9.17) is 5.11 Å². The maximum atomic E-state index is 10.9. The van der Waals surface area contributed by atoms with E-state index in [1.807, 2.05) is 24.3 Å². The fourth-order valence-corrected chi connectivity index (χ4v) is 2.30. The molecule has 1 heterocycles. The Bertz CT molecular complexity index is 806. The molecule has 0 unspecified atom stereocenters. The number of aromatic carboxylic acids is 1. The molecule has 3 rings (SSSR count). The van der Waals surface area contributed by atoms with Crippen LogP contribution in [0.1, 0.15) is 15.9 Å². The molecular weight excluding hydrogens is 274 g/mol. The second kappa shape index (κ2) is 5.82. The van der Waals surface area contributed by atoms with Gasteiger partial charge in [0.25, 0.3) is 0 Å². The molecule has 0 aliphatic rings. The van der Waals surface area contributed by atoms with Gasteiger partial charge in [0.2, 0.25) is 0 Å². The van der Waals surface area contributed by atoms with Crippen molar-refractivity contribution in [1.82, 2.24) is 4.98 Å². The van der Waals surface area contributed by atoms with Gasteiger partial charge in [-0.3, -0.25) is 4.98 Å². The Morgan fingerprint density at radius 2 is 1.50 bits per heavy atom. The highest BCUT2D eigenvalue weighted by Gasteiger charge is 2.05. The second-order valence-corrected chi connectivity index (χ2v) is 5.18. The van der Waals surface area contributed by atoms with Crippen molar-refractivity contribution in [2.24, 2.45) is 0 Å². The van der Waals surface area contributed by atoms with Crippen molar-refractivity contribution in [3.8, 4) is 22.4 Å². The van der Waals surface area contributed by atoms with Crippen molar-refractivity contribution in [2.75, 3.05) is 0 Å². The van der Waals surface area contributed by atoms with Crippen LogP contribution in [0.15, 0.2) is 66.9 Å². The zero-order valence-corrected chi connectivity index (χ0v) is 12.2. The number of carboxylic acid groups (broad SMARTS) is 1. The lowest BCUT2D eigenvalue weighted by Gasteiger charge is -2.06. The van der Waals surface area contributed by atoms with Gasteiger partial charge in [-0.2, -0.15) is 0 Å². The van der Waals surface area contributed by atoms with E-state index in [1.165, 1.54) is 5.56 Å². The van der Waals surface area contributed by atoms with Crippen LogP contribution in [-0.2, 0) is 0 Å². The minimum absolute atomic E-state index is 0.288. The van der Waals surface area contributed by atoms with Crippen LogP contribution in [-0.4, -0.2) is 16.1 Å². The third-order valence-electron chi connectivity index (χ3n) is 3.57. The molecule has 108 valence electrons. The van der Waals surface area contributed by atoms with Crippen molar-refractivity contribution in [1.29, 1.82) is 0 Å². The molecule has 3 aromatic rings. The van der Waals surface area contributed by atoms with Gasteiger partial charge in [0.05, 0.1) is 11.3 Å². The Balaban J connectivity index is 1.97. The highest BCUT2D eigenvalue weighted by molar-refractivity contribution is 5.88. The van der Waals surface area contributed by atoms with Gasteiger partial charge in [0.1, 0.15) is 0 Å². The molecule has 0 radical (unpaired) electrons. The highest BCUT2D eigenvalue weighted by atomic mass is 16.4. The SMILES string of the molecule is Cc1ccc(-c2cc(-c3ccc(C(=O)O)cc3)ccn2)cc1. The Morgan fingerprint density at radius 3 is 2.14 bits per heavy atom. The third kappa shape index (κ3) is 2.88. The molecule has 1 N–H and O–H groups in total. The fourth-order valence-electron chi connectivity index (χ4n) is 2.30. The summed E-state index contributed by atoms with van der Waals surface area (Å²) >= 11 is 0. The molecule has 2 aromatic carbocycles. The number of aryl methyl sites for hydroxylation is 1. The number of carboxylic acids is 1. The van der Waals surface area contributed by atoms with Gasteiger partial charge >= 0.3 is 5.97 Å². The lowest BCUT2D eigenvalue weighted by molar-refractivity contribution is 0.0697. The Hall–Kier alpha value is -2.94. The first-order valence-electron chi connectivity index (χ1n) is 7.00. The monoisotopic (exact) mass is 289 g/mol. The van der Waals surface area contributed by atoms with E-state index in [2.05, 4.69) is 36.2 Å². The number of nitrogens with zero attached hydrogens (tertiary/aromatic N) is 1. The number of rotatable bonds is 3. The zero-order chi connectivity index (χ0) is 15.5. The molecule has 0 aliphatic carbocycles. The van der Waals surface area contributed by atoms with E-state index in [9.17, 15) is 4.79 Å². The molecule has 0 fully saturated rings. The van der Waals surface area contributed by atoms with Crippen molar-refractivity contribution in [2.45, 2.75) is 6.92 Å². The van der Waals surface area contributed by atoms with Gasteiger partial charge in [0, 0.05) is 11.8 Å². The third-order valence-corrected chi connectivity index (χ3v) is 3.57. The molecule has 22 heavy (non-hydrogen) atoms. The van der Waals surface area contributed by atoms with Crippen LogP contribution in [0.25, 0.3) is 22.4 Å². The maximum Gasteiger partial charge on any atom is 0.335 e. The van der Waals surface area contributed by atoms with Crippen LogP contribution in [0.3, 0.4) is 0 Å². The van der Waals surface area contributed by atoms with Gasteiger partial charge in [-0.25, -0.2) is 4.79 Å². The van der Waals surface area contributed by atoms with Crippen LogP contribution in [0, 0.1) is 6.92 Å².